The Morgan fingerprint density at radius 2 is 2.00 bits per heavy atom. The number of nitrogen functional groups attached to an aromatic ring is 1. The van der Waals surface area contributed by atoms with Crippen LogP contribution in [0, 0.1) is 0 Å². The maximum Gasteiger partial charge on any atom is 0.352 e. The lowest BCUT2D eigenvalue weighted by molar-refractivity contribution is -0.912. The normalized spacial score (nSPS) is 21.9. The molecule has 1 aromatic rings. The predicted octanol–water partition coefficient (Wildman–Crippen LogP) is -0.878. The minimum Gasteiger partial charge on any atom is -0.477 e. The molecule has 4 rings (SSSR count). The number of thiazole rings is 1. The summed E-state index contributed by atoms with van der Waals surface area (Å²) in [7, 11) is 0. The molecule has 2 fully saturated rings. The molecule has 4 heterocycles. The van der Waals surface area contributed by atoms with Crippen molar-refractivity contribution in [2.45, 2.75) is 56.9 Å². The van der Waals surface area contributed by atoms with Gasteiger partial charge in [0.1, 0.15) is 29.4 Å². The number of aliphatic carboxylic acids is 1. The first kappa shape index (κ1) is 32.6. The number of nitrogens with two attached hydrogens (primary N) is 1. The molecule has 43 heavy (non-hydrogen) atoms. The average molecular weight is 643 g/mol. The van der Waals surface area contributed by atoms with Crippen molar-refractivity contribution in [2.75, 3.05) is 44.2 Å². The van der Waals surface area contributed by atoms with Gasteiger partial charge in [0.25, 0.3) is 11.8 Å². The van der Waals surface area contributed by atoms with Crippen LogP contribution in [0.4, 0.5) is 5.13 Å². The number of hydrogen-bond donors (Lipinski definition) is 6. The summed E-state index contributed by atoms with van der Waals surface area (Å²) in [6.07, 6.45) is -0.0866. The highest BCUT2D eigenvalue weighted by atomic mass is 32.2. The van der Waals surface area contributed by atoms with Gasteiger partial charge in [-0.15, -0.1) is 23.1 Å². The number of nitrogens with zero attached hydrogens (tertiary/aromatic N) is 5. The first-order valence-corrected chi connectivity index (χ1v) is 15.5. The second-order valence-corrected chi connectivity index (χ2v) is 13.2. The Morgan fingerprint density at radius 3 is 2.56 bits per heavy atom. The lowest BCUT2D eigenvalue weighted by Gasteiger charge is -2.50. The number of carboxylic acids is 1. The van der Waals surface area contributed by atoms with Gasteiger partial charge in [0, 0.05) is 36.5 Å². The molecule has 0 aliphatic carbocycles. The molecule has 1 aromatic heterocycles. The molecular weight excluding hydrogens is 606 g/mol. The number of anilines is 1. The molecular formula is C25H36N7O9S2+. The fourth-order valence-corrected chi connectivity index (χ4v) is 7.04. The van der Waals surface area contributed by atoms with Gasteiger partial charge >= 0.3 is 5.97 Å². The van der Waals surface area contributed by atoms with Gasteiger partial charge in [-0.1, -0.05) is 5.16 Å². The van der Waals surface area contributed by atoms with Crippen LogP contribution in [0.25, 0.3) is 0 Å². The van der Waals surface area contributed by atoms with E-state index in [4.69, 9.17) is 10.6 Å². The summed E-state index contributed by atoms with van der Waals surface area (Å²) < 4.78 is 0.485. The van der Waals surface area contributed by atoms with Gasteiger partial charge < -0.3 is 35.7 Å². The summed E-state index contributed by atoms with van der Waals surface area (Å²) in [5.74, 6) is -2.91. The van der Waals surface area contributed by atoms with E-state index in [-0.39, 0.29) is 28.8 Å². The lowest BCUT2D eigenvalue weighted by Crippen LogP contribution is -2.71. The van der Waals surface area contributed by atoms with Crippen molar-refractivity contribution in [3.8, 4) is 0 Å². The number of likely N-dealkylation sites (tertiary alicyclic amines) is 1. The molecule has 2 atom stereocenters. The van der Waals surface area contributed by atoms with Crippen molar-refractivity contribution in [1.29, 1.82) is 0 Å². The van der Waals surface area contributed by atoms with Crippen LogP contribution in [0.5, 0.6) is 0 Å². The van der Waals surface area contributed by atoms with Crippen LogP contribution in [0.1, 0.15) is 39.3 Å². The van der Waals surface area contributed by atoms with Crippen molar-refractivity contribution in [2.24, 2.45) is 5.16 Å². The van der Waals surface area contributed by atoms with E-state index in [9.17, 15) is 39.7 Å². The average Bonchev–Trinajstić information content (AvgIpc) is 3.59. The molecule has 0 bridgehead atoms. The first-order valence-electron chi connectivity index (χ1n) is 13.5. The number of carbonyl (C=O) groups excluding carboxylic acids is 3. The summed E-state index contributed by atoms with van der Waals surface area (Å²) in [6.45, 7) is 6.32. The Hall–Kier alpha value is -3.29. The largest absolute Gasteiger partial charge is 0.477 e. The number of hydroxylamine groups is 2. The van der Waals surface area contributed by atoms with Crippen molar-refractivity contribution in [1.82, 2.24) is 20.3 Å². The van der Waals surface area contributed by atoms with Crippen LogP contribution in [-0.2, 0) is 24.0 Å². The van der Waals surface area contributed by atoms with E-state index >= 15 is 0 Å². The number of β-lactam (4-membered cyclic amide) rings is 1. The summed E-state index contributed by atoms with van der Waals surface area (Å²) >= 11 is 2.35. The van der Waals surface area contributed by atoms with E-state index < -0.39 is 47.0 Å². The fourth-order valence-electron chi connectivity index (χ4n) is 5.16. The Morgan fingerprint density at radius 1 is 1.33 bits per heavy atom. The number of carbonyl (C=O) groups is 4. The van der Waals surface area contributed by atoms with E-state index in [1.807, 2.05) is 0 Å². The molecule has 2 saturated heterocycles. The number of aliphatic hydroxyl groups excluding tert-OH is 1. The quantitative estimate of drug-likeness (QED) is 0.0408. The van der Waals surface area contributed by atoms with Crippen LogP contribution in [0.2, 0.25) is 0 Å². The van der Waals surface area contributed by atoms with Gasteiger partial charge in [0.2, 0.25) is 5.91 Å². The lowest BCUT2D eigenvalue weighted by atomic mass is 10.0. The summed E-state index contributed by atoms with van der Waals surface area (Å²) in [5.41, 5.74) is 4.26. The van der Waals surface area contributed by atoms with Crippen LogP contribution >= 0.6 is 23.1 Å². The molecule has 0 saturated carbocycles. The van der Waals surface area contributed by atoms with Crippen molar-refractivity contribution >= 4 is 57.6 Å². The third-order valence-corrected chi connectivity index (χ3v) is 9.71. The van der Waals surface area contributed by atoms with Crippen molar-refractivity contribution in [3.63, 3.8) is 0 Å². The smallest absolute Gasteiger partial charge is 0.352 e. The molecule has 16 nitrogen and oxygen atoms in total. The standard InChI is InChI=1S/C25H35N7O9S2/c1-13(33)30(40)6-9-32(7-4-5-8-32)10-14-11-42-21-17(20(35)31(21)18(14)22(36)37)28-19(34)16(15-12-43-24(26)27-15)29-41-25(2,3)23(38)39/h12,17,21,23,38-40H,4-11H2,1-3H3,(H3-,26,27,28,34,36,37)/p+1/b29-16-/t17-,21-/m1/s1. The number of fused-ring (bicyclic) bond motifs is 1. The molecule has 3 aliphatic rings. The maximum atomic E-state index is 13.3. The number of oxime groups is 1. The number of quaternary nitrogens is 1. The topological polar surface area (TPSA) is 228 Å². The summed E-state index contributed by atoms with van der Waals surface area (Å²) in [5, 5.41) is 47.1. The molecule has 3 amide bonds. The van der Waals surface area contributed by atoms with Crippen LogP contribution in [-0.4, -0.2) is 131 Å². The Balaban J connectivity index is 1.53. The van der Waals surface area contributed by atoms with Gasteiger partial charge in [0.15, 0.2) is 22.7 Å². The van der Waals surface area contributed by atoms with E-state index in [0.717, 1.165) is 37.3 Å². The molecule has 3 aliphatic heterocycles. The van der Waals surface area contributed by atoms with Gasteiger partial charge in [-0.25, -0.2) is 14.8 Å². The molecule has 236 valence electrons. The molecule has 0 radical (unpaired) electrons. The number of nitrogens with one attached hydrogen (secondary N) is 1. The highest BCUT2D eigenvalue weighted by molar-refractivity contribution is 8.00. The Kier molecular flexibility index (Phi) is 9.67. The predicted molar refractivity (Wildman–Crippen MR) is 154 cm³/mol. The first-order chi connectivity index (χ1) is 20.2. The highest BCUT2D eigenvalue weighted by Gasteiger charge is 2.55. The van der Waals surface area contributed by atoms with Crippen LogP contribution in [0.15, 0.2) is 21.8 Å². The van der Waals surface area contributed by atoms with Gasteiger partial charge in [0.05, 0.1) is 26.2 Å². The number of amides is 3. The van der Waals surface area contributed by atoms with Crippen LogP contribution < -0.4 is 11.1 Å². The molecule has 0 spiro atoms. The molecule has 0 aromatic carbocycles. The van der Waals surface area contributed by atoms with Crippen molar-refractivity contribution < 1.29 is 49.0 Å². The Labute approximate surface area is 255 Å². The highest BCUT2D eigenvalue weighted by Crippen LogP contribution is 2.41. The zero-order chi connectivity index (χ0) is 31.7. The van der Waals surface area contributed by atoms with Gasteiger partial charge in [-0.2, -0.15) is 0 Å². The number of aromatic nitrogens is 1. The van der Waals surface area contributed by atoms with E-state index in [1.54, 1.807) is 0 Å². The van der Waals surface area contributed by atoms with E-state index in [1.165, 1.54) is 42.8 Å². The van der Waals surface area contributed by atoms with E-state index in [0.29, 0.717) is 34.0 Å². The Bertz CT molecular complexity index is 1340. The number of rotatable bonds is 12. The SMILES string of the molecule is CC(=O)N(O)CC[N+]1(CC2=C(C(=O)O)N3C(=O)[C@@H](NC(=O)/C(=N\OC(C)(C)C(O)O)c4csc(N)n4)[C@H]3SC2)CCCC1. The number of carboxylic acid groups (broad SMARTS) is 1. The van der Waals surface area contributed by atoms with Gasteiger partial charge in [-0.05, 0) is 13.8 Å². The monoisotopic (exact) mass is 642 g/mol. The van der Waals surface area contributed by atoms with Crippen LogP contribution in [0.3, 0.4) is 0 Å². The summed E-state index contributed by atoms with van der Waals surface area (Å²) in [4.78, 5) is 61.0. The minimum atomic E-state index is -1.92. The van der Waals surface area contributed by atoms with Gasteiger partial charge in [-0.3, -0.25) is 24.5 Å². The second-order valence-electron chi connectivity index (χ2n) is 11.2. The minimum absolute atomic E-state index is 0.0439. The molecule has 7 N–H and O–H groups in total. The number of aliphatic hydroxyl groups is 2. The second kappa shape index (κ2) is 12.7. The summed E-state index contributed by atoms with van der Waals surface area (Å²) in [6, 6.07) is -1.07. The molecule has 0 unspecified atom stereocenters. The zero-order valence-corrected chi connectivity index (χ0v) is 25.6. The zero-order valence-electron chi connectivity index (χ0n) is 23.9. The fraction of sp³-hybridized carbons (Fsp3) is 0.600. The number of hydrogen-bond acceptors (Lipinski definition) is 13. The maximum absolute atomic E-state index is 13.3. The number of thioether (sulfide) groups is 1. The van der Waals surface area contributed by atoms with E-state index in [2.05, 4.69) is 15.5 Å². The third kappa shape index (κ3) is 6.94. The molecule has 18 heteroatoms. The third-order valence-electron chi connectivity index (χ3n) is 7.70. The van der Waals surface area contributed by atoms with Crippen molar-refractivity contribution in [3.05, 3.63) is 22.3 Å².